The molecule has 22 heavy (non-hydrogen) atoms. The number of pyridine rings is 1. The fourth-order valence-electron chi connectivity index (χ4n) is 3.17. The monoisotopic (exact) mass is 286 g/mol. The molecule has 1 aliphatic carbocycles. The minimum absolute atomic E-state index is 1.06. The Morgan fingerprint density at radius 1 is 0.864 bits per heavy atom. The van der Waals surface area contributed by atoms with Gasteiger partial charge >= 0.3 is 0 Å². The predicted molar refractivity (Wildman–Crippen MR) is 92.1 cm³/mol. The number of hydrogen-bond acceptors (Lipinski definition) is 2. The van der Waals surface area contributed by atoms with E-state index >= 15 is 0 Å². The number of benzene rings is 2. The van der Waals surface area contributed by atoms with Gasteiger partial charge in [0.05, 0.1) is 11.2 Å². The van der Waals surface area contributed by atoms with Gasteiger partial charge in [0.1, 0.15) is 0 Å². The number of hydrogen-bond donors (Lipinski definition) is 0. The number of aryl methyl sites for hydroxylation is 1. The second-order valence-electron chi connectivity index (χ2n) is 5.78. The average Bonchev–Trinajstić information content (AvgIpc) is 2.59. The summed E-state index contributed by atoms with van der Waals surface area (Å²) in [6, 6.07) is 18.6. The quantitative estimate of drug-likeness (QED) is 0.617. The second-order valence-corrected chi connectivity index (χ2v) is 5.78. The molecular weight excluding hydrogens is 268 g/mol. The fourth-order valence-corrected chi connectivity index (χ4v) is 3.17. The van der Waals surface area contributed by atoms with E-state index in [9.17, 15) is 0 Å². The molecule has 2 aromatic carbocycles. The van der Waals surface area contributed by atoms with Crippen molar-refractivity contribution in [3.8, 4) is 0 Å². The third-order valence-corrected chi connectivity index (χ3v) is 4.28. The molecule has 0 fully saturated rings. The molecule has 3 aromatic rings. The highest BCUT2D eigenvalue weighted by atomic mass is 14.8. The summed E-state index contributed by atoms with van der Waals surface area (Å²) in [6.45, 7) is 0. The van der Waals surface area contributed by atoms with E-state index in [-0.39, 0.29) is 0 Å². The lowest BCUT2D eigenvalue weighted by atomic mass is 9.93. The van der Waals surface area contributed by atoms with Gasteiger partial charge in [0.2, 0.25) is 0 Å². The molecule has 0 amide bonds. The maximum absolute atomic E-state index is 4.86. The Bertz CT molecular complexity index is 835. The number of rotatable bonds is 2. The Labute approximate surface area is 130 Å². The summed E-state index contributed by atoms with van der Waals surface area (Å²) in [5.41, 5.74) is 5.89. The molecule has 0 spiro atoms. The van der Waals surface area contributed by atoms with E-state index < -0.39 is 0 Å². The Balaban J connectivity index is 1.89. The molecular formula is C20H18N2. The van der Waals surface area contributed by atoms with E-state index in [0.29, 0.717) is 0 Å². The first-order valence-corrected chi connectivity index (χ1v) is 7.91. The summed E-state index contributed by atoms with van der Waals surface area (Å²) in [5, 5.41) is 1.16. The first-order chi connectivity index (χ1) is 10.9. The zero-order valence-corrected chi connectivity index (χ0v) is 12.5. The molecule has 0 aliphatic heterocycles. The molecule has 0 atom stereocenters. The van der Waals surface area contributed by atoms with Gasteiger partial charge in [0.25, 0.3) is 0 Å². The van der Waals surface area contributed by atoms with Crippen LogP contribution in [0.15, 0.2) is 59.6 Å². The van der Waals surface area contributed by atoms with Crippen molar-refractivity contribution in [3.63, 3.8) is 0 Å². The van der Waals surface area contributed by atoms with Crippen LogP contribution in [0.4, 0.5) is 5.69 Å². The van der Waals surface area contributed by atoms with Gasteiger partial charge in [-0.15, -0.1) is 0 Å². The SMILES string of the molecule is C(=Nc1c2c(nc3ccccc13)CCCC2)c1ccccc1. The van der Waals surface area contributed by atoms with Crippen molar-refractivity contribution in [2.24, 2.45) is 4.99 Å². The smallest absolute Gasteiger partial charge is 0.0774 e. The first kappa shape index (κ1) is 13.2. The van der Waals surface area contributed by atoms with Crippen molar-refractivity contribution in [3.05, 3.63) is 71.4 Å². The molecule has 0 bridgehead atoms. The molecule has 0 radical (unpaired) electrons. The minimum Gasteiger partial charge on any atom is -0.255 e. The largest absolute Gasteiger partial charge is 0.255 e. The van der Waals surface area contributed by atoms with Crippen LogP contribution < -0.4 is 0 Å². The van der Waals surface area contributed by atoms with Crippen LogP contribution in [-0.4, -0.2) is 11.2 Å². The number of nitrogens with zero attached hydrogens (tertiary/aromatic N) is 2. The zero-order valence-electron chi connectivity index (χ0n) is 12.5. The second kappa shape index (κ2) is 5.72. The van der Waals surface area contributed by atoms with Crippen molar-refractivity contribution in [1.82, 2.24) is 4.98 Å². The van der Waals surface area contributed by atoms with Gasteiger partial charge in [-0.2, -0.15) is 0 Å². The highest BCUT2D eigenvalue weighted by Gasteiger charge is 2.17. The summed E-state index contributed by atoms with van der Waals surface area (Å²) in [4.78, 5) is 9.71. The van der Waals surface area contributed by atoms with Gasteiger partial charge in [-0.1, -0.05) is 48.5 Å². The predicted octanol–water partition coefficient (Wildman–Crippen LogP) is 4.86. The maximum atomic E-state index is 4.86. The Hall–Kier alpha value is -2.48. The molecule has 1 heterocycles. The maximum Gasteiger partial charge on any atom is 0.0774 e. The highest BCUT2D eigenvalue weighted by Crippen LogP contribution is 2.35. The lowest BCUT2D eigenvalue weighted by Gasteiger charge is -2.18. The Morgan fingerprint density at radius 2 is 1.64 bits per heavy atom. The molecule has 2 nitrogen and oxygen atoms in total. The molecule has 1 aromatic heterocycles. The van der Waals surface area contributed by atoms with Gasteiger partial charge in [0, 0.05) is 17.3 Å². The lowest BCUT2D eigenvalue weighted by Crippen LogP contribution is -2.06. The van der Waals surface area contributed by atoms with Crippen LogP contribution in [0.3, 0.4) is 0 Å². The first-order valence-electron chi connectivity index (χ1n) is 7.91. The molecule has 1 aliphatic rings. The van der Waals surface area contributed by atoms with Crippen molar-refractivity contribution in [2.75, 3.05) is 0 Å². The summed E-state index contributed by atoms with van der Waals surface area (Å²) >= 11 is 0. The van der Waals surface area contributed by atoms with Crippen molar-refractivity contribution in [1.29, 1.82) is 0 Å². The molecule has 4 rings (SSSR count). The standard InChI is InChI=1S/C20H18N2/c1-2-8-15(9-3-1)14-21-20-16-10-4-6-12-18(16)22-19-13-7-5-11-17(19)20/h1-4,6,8-10,12,14H,5,7,11,13H2. The van der Waals surface area contributed by atoms with E-state index in [1.165, 1.54) is 24.1 Å². The normalized spacial score (nSPS) is 14.4. The third kappa shape index (κ3) is 2.41. The van der Waals surface area contributed by atoms with Gasteiger partial charge in [-0.25, -0.2) is 0 Å². The van der Waals surface area contributed by atoms with Crippen molar-refractivity contribution >= 4 is 22.8 Å². The highest BCUT2D eigenvalue weighted by molar-refractivity contribution is 5.95. The number of aromatic nitrogens is 1. The fraction of sp³-hybridized carbons (Fsp3) is 0.200. The summed E-state index contributed by atoms with van der Waals surface area (Å²) < 4.78 is 0. The van der Waals surface area contributed by atoms with Gasteiger partial charge < -0.3 is 0 Å². The number of fused-ring (bicyclic) bond motifs is 2. The van der Waals surface area contributed by atoms with Crippen LogP contribution >= 0.6 is 0 Å². The van der Waals surface area contributed by atoms with E-state index in [4.69, 9.17) is 9.98 Å². The summed E-state index contributed by atoms with van der Waals surface area (Å²) in [5.74, 6) is 0. The molecule has 0 saturated carbocycles. The van der Waals surface area contributed by atoms with Crippen LogP contribution in [0.1, 0.15) is 29.7 Å². The number of para-hydroxylation sites is 1. The minimum atomic E-state index is 1.06. The Kier molecular flexibility index (Phi) is 3.43. The van der Waals surface area contributed by atoms with Crippen molar-refractivity contribution < 1.29 is 0 Å². The molecule has 108 valence electrons. The molecule has 0 saturated heterocycles. The van der Waals surface area contributed by atoms with E-state index in [1.807, 2.05) is 24.4 Å². The average molecular weight is 286 g/mol. The topological polar surface area (TPSA) is 25.2 Å². The van der Waals surface area contributed by atoms with Crippen LogP contribution in [0.2, 0.25) is 0 Å². The molecule has 0 N–H and O–H groups in total. The van der Waals surface area contributed by atoms with Crippen LogP contribution in [-0.2, 0) is 12.8 Å². The van der Waals surface area contributed by atoms with Crippen LogP contribution in [0.25, 0.3) is 10.9 Å². The van der Waals surface area contributed by atoms with Gasteiger partial charge in [0.15, 0.2) is 0 Å². The van der Waals surface area contributed by atoms with Gasteiger partial charge in [-0.3, -0.25) is 9.98 Å². The van der Waals surface area contributed by atoms with Crippen molar-refractivity contribution in [2.45, 2.75) is 25.7 Å². The molecule has 2 heteroatoms. The van der Waals surface area contributed by atoms with E-state index in [0.717, 1.165) is 35.0 Å². The van der Waals surface area contributed by atoms with Crippen LogP contribution in [0, 0.1) is 0 Å². The Morgan fingerprint density at radius 3 is 2.55 bits per heavy atom. The van der Waals surface area contributed by atoms with E-state index in [2.05, 4.69) is 36.4 Å². The van der Waals surface area contributed by atoms with E-state index in [1.54, 1.807) is 0 Å². The zero-order chi connectivity index (χ0) is 14.8. The molecule has 0 unspecified atom stereocenters. The number of aliphatic imine (C=N–C) groups is 1. The van der Waals surface area contributed by atoms with Gasteiger partial charge in [-0.05, 0) is 42.9 Å². The van der Waals surface area contributed by atoms with Crippen LogP contribution in [0.5, 0.6) is 0 Å². The third-order valence-electron chi connectivity index (χ3n) is 4.28. The lowest BCUT2D eigenvalue weighted by molar-refractivity contribution is 0.672. The summed E-state index contributed by atoms with van der Waals surface area (Å²) in [7, 11) is 0. The summed E-state index contributed by atoms with van der Waals surface area (Å²) in [6.07, 6.45) is 6.61.